The van der Waals surface area contributed by atoms with E-state index < -0.39 is 86.8 Å². The van der Waals surface area contributed by atoms with E-state index in [1.165, 1.54) is 263 Å². The summed E-state index contributed by atoms with van der Waals surface area (Å²) in [6.07, 6.45) is 59.5. The third kappa shape index (κ3) is 42.4. The molecule has 2 fully saturated rings. The fourth-order valence-corrected chi connectivity index (χ4v) is 12.4. The zero-order valence-corrected chi connectivity index (χ0v) is 56.5. The third-order valence-corrected chi connectivity index (χ3v) is 18.3. The van der Waals surface area contributed by atoms with Gasteiger partial charge in [-0.2, -0.15) is 0 Å². The quantitative estimate of drug-likeness (QED) is 0.0204. The van der Waals surface area contributed by atoms with Crippen molar-refractivity contribution in [3.05, 3.63) is 36.5 Å². The standard InChI is InChI=1S/C74H139NO13/c1-3-5-7-9-11-13-15-17-19-20-21-22-23-24-25-26-27-28-29-30-31-32-33-34-35-36-37-38-39-40-41-42-44-46-48-50-52-54-56-58-66(79)75-62(63(78)57-55-53-51-49-47-45-43-18-16-14-12-10-8-6-4-2)61-85-73-71(84)69(82)72(65(60-77)87-73)88-74-70(83)68(81)67(80)64(59-76)86-74/h15,17,20-21,55,57,62-65,67-74,76-78,80-84H,3-14,16,18-19,22-54,56,58-61H2,1-2H3,(H,75,79)/b17-15-,21-20-,57-55+. The topological polar surface area (TPSA) is 228 Å². The first kappa shape index (κ1) is 82.3. The lowest BCUT2D eigenvalue weighted by molar-refractivity contribution is -0.359. The van der Waals surface area contributed by atoms with Crippen molar-refractivity contribution in [2.24, 2.45) is 0 Å². The van der Waals surface area contributed by atoms with Crippen LogP contribution in [-0.2, 0) is 23.7 Å². The van der Waals surface area contributed by atoms with Crippen LogP contribution in [0.25, 0.3) is 0 Å². The Kier molecular flexibility index (Phi) is 55.2. The Balaban J connectivity index is 1.55. The van der Waals surface area contributed by atoms with Crippen LogP contribution >= 0.6 is 0 Å². The first-order valence-corrected chi connectivity index (χ1v) is 37.2. The highest BCUT2D eigenvalue weighted by atomic mass is 16.7. The number of carbonyl (C=O) groups excluding carboxylic acids is 1. The summed E-state index contributed by atoms with van der Waals surface area (Å²) >= 11 is 0. The second kappa shape index (κ2) is 59.0. The summed E-state index contributed by atoms with van der Waals surface area (Å²) in [4.78, 5) is 13.3. The van der Waals surface area contributed by atoms with Crippen molar-refractivity contribution in [3.63, 3.8) is 0 Å². The summed E-state index contributed by atoms with van der Waals surface area (Å²) < 4.78 is 22.8. The summed E-state index contributed by atoms with van der Waals surface area (Å²) in [7, 11) is 0. The number of amides is 1. The minimum atomic E-state index is -1.79. The molecule has 9 N–H and O–H groups in total. The van der Waals surface area contributed by atoms with Crippen molar-refractivity contribution >= 4 is 5.91 Å². The van der Waals surface area contributed by atoms with E-state index in [0.717, 1.165) is 44.9 Å². The molecule has 0 aromatic rings. The van der Waals surface area contributed by atoms with Gasteiger partial charge in [0.15, 0.2) is 12.6 Å². The van der Waals surface area contributed by atoms with E-state index in [1.807, 2.05) is 6.08 Å². The predicted octanol–water partition coefficient (Wildman–Crippen LogP) is 15.7. The van der Waals surface area contributed by atoms with Crippen molar-refractivity contribution in [1.29, 1.82) is 0 Å². The van der Waals surface area contributed by atoms with E-state index in [1.54, 1.807) is 6.08 Å². The molecule has 0 aliphatic carbocycles. The Bertz CT molecular complexity index is 1620. The Morgan fingerprint density at radius 1 is 0.409 bits per heavy atom. The maximum Gasteiger partial charge on any atom is 0.220 e. The smallest absolute Gasteiger partial charge is 0.220 e. The second-order valence-corrected chi connectivity index (χ2v) is 26.4. The zero-order chi connectivity index (χ0) is 63.8. The molecule has 2 rings (SSSR count). The Morgan fingerprint density at radius 3 is 1.14 bits per heavy atom. The fraction of sp³-hybridized carbons (Fsp3) is 0.905. The Hall–Kier alpha value is -1.79. The lowest BCUT2D eigenvalue weighted by Gasteiger charge is -2.46. The van der Waals surface area contributed by atoms with Crippen LogP contribution in [0.2, 0.25) is 0 Å². The molecule has 88 heavy (non-hydrogen) atoms. The summed E-state index contributed by atoms with van der Waals surface area (Å²) in [6.45, 7) is 2.82. The molecule has 0 saturated carbocycles. The third-order valence-electron chi connectivity index (χ3n) is 18.3. The SMILES string of the molecule is CCCCCCC/C=C\C/C=C\CCCCCCCCCCCCCCCCCCCCCCCCCCCCCC(=O)NC(COC1OC(CO)C(OC2OC(CO)C(O)C(O)C2O)C(O)C1O)C(O)/C=C/CCCCCCCCCCCCCCC. The molecule has 0 bridgehead atoms. The highest BCUT2D eigenvalue weighted by Crippen LogP contribution is 2.30. The van der Waals surface area contributed by atoms with Gasteiger partial charge in [0.05, 0.1) is 32.0 Å². The average molecular weight is 1250 g/mol. The zero-order valence-electron chi connectivity index (χ0n) is 56.5. The van der Waals surface area contributed by atoms with Gasteiger partial charge in [-0.05, 0) is 51.4 Å². The fourth-order valence-electron chi connectivity index (χ4n) is 12.4. The number of hydrogen-bond acceptors (Lipinski definition) is 13. The average Bonchev–Trinajstić information content (AvgIpc) is 2.99. The maximum atomic E-state index is 13.3. The number of nitrogens with one attached hydrogen (secondary N) is 1. The van der Waals surface area contributed by atoms with Gasteiger partial charge >= 0.3 is 0 Å². The van der Waals surface area contributed by atoms with E-state index in [4.69, 9.17) is 18.9 Å². The van der Waals surface area contributed by atoms with E-state index in [0.29, 0.717) is 6.42 Å². The van der Waals surface area contributed by atoms with Gasteiger partial charge in [-0.3, -0.25) is 4.79 Å². The molecule has 2 aliphatic rings. The van der Waals surface area contributed by atoms with E-state index >= 15 is 0 Å². The molecular weight excluding hydrogens is 1110 g/mol. The number of rotatable bonds is 62. The number of allylic oxidation sites excluding steroid dienone is 5. The van der Waals surface area contributed by atoms with Crippen LogP contribution < -0.4 is 5.32 Å². The Morgan fingerprint density at radius 2 is 0.750 bits per heavy atom. The van der Waals surface area contributed by atoms with Crippen LogP contribution in [0.3, 0.4) is 0 Å². The predicted molar refractivity (Wildman–Crippen MR) is 360 cm³/mol. The molecule has 0 radical (unpaired) electrons. The number of unbranched alkanes of at least 4 members (excludes halogenated alkanes) is 45. The van der Waals surface area contributed by atoms with Gasteiger partial charge in [0.2, 0.25) is 5.91 Å². The Labute approximate surface area is 538 Å². The molecule has 2 aliphatic heterocycles. The summed E-state index contributed by atoms with van der Waals surface area (Å²) in [5.41, 5.74) is 0. The number of carbonyl (C=O) groups is 1. The number of aliphatic hydroxyl groups excluding tert-OH is 8. The summed E-state index contributed by atoms with van der Waals surface area (Å²) in [5, 5.41) is 87.3. The first-order chi connectivity index (χ1) is 43.1. The lowest BCUT2D eigenvalue weighted by atomic mass is 9.97. The second-order valence-electron chi connectivity index (χ2n) is 26.4. The van der Waals surface area contributed by atoms with Crippen LogP contribution in [0, 0.1) is 0 Å². The summed E-state index contributed by atoms with van der Waals surface area (Å²) in [6, 6.07) is -0.912. The van der Waals surface area contributed by atoms with Gasteiger partial charge in [0, 0.05) is 6.42 Å². The molecule has 0 aromatic carbocycles. The molecule has 14 heteroatoms. The highest BCUT2D eigenvalue weighted by Gasteiger charge is 2.51. The molecule has 1 amide bonds. The van der Waals surface area contributed by atoms with Crippen molar-refractivity contribution in [3.8, 4) is 0 Å². The van der Waals surface area contributed by atoms with Crippen LogP contribution in [0.15, 0.2) is 36.5 Å². The van der Waals surface area contributed by atoms with Gasteiger partial charge in [0.1, 0.15) is 48.8 Å². The van der Waals surface area contributed by atoms with Crippen LogP contribution in [0.4, 0.5) is 0 Å². The normalized spacial score (nSPS) is 23.3. The van der Waals surface area contributed by atoms with Crippen molar-refractivity contribution in [2.45, 2.75) is 408 Å². The molecule has 0 aromatic heterocycles. The van der Waals surface area contributed by atoms with Gasteiger partial charge in [-0.1, -0.05) is 314 Å². The minimum absolute atomic E-state index is 0.233. The van der Waals surface area contributed by atoms with E-state index in [2.05, 4.69) is 43.5 Å². The highest BCUT2D eigenvalue weighted by molar-refractivity contribution is 5.76. The molecular formula is C74H139NO13. The number of ether oxygens (including phenoxy) is 4. The van der Waals surface area contributed by atoms with Crippen molar-refractivity contribution in [1.82, 2.24) is 5.32 Å². The molecule has 518 valence electrons. The molecule has 2 heterocycles. The largest absolute Gasteiger partial charge is 0.394 e. The minimum Gasteiger partial charge on any atom is -0.394 e. The first-order valence-electron chi connectivity index (χ1n) is 37.2. The van der Waals surface area contributed by atoms with Crippen LogP contribution in [0.1, 0.15) is 335 Å². The van der Waals surface area contributed by atoms with Gasteiger partial charge < -0.3 is 65.1 Å². The maximum absolute atomic E-state index is 13.3. The molecule has 0 spiro atoms. The number of hydrogen-bond donors (Lipinski definition) is 9. The van der Waals surface area contributed by atoms with Crippen molar-refractivity contribution < 1.29 is 64.6 Å². The van der Waals surface area contributed by atoms with Crippen LogP contribution in [0.5, 0.6) is 0 Å². The molecule has 12 atom stereocenters. The summed E-state index contributed by atoms with van der Waals surface area (Å²) in [5.74, 6) is -0.233. The molecule has 14 nitrogen and oxygen atoms in total. The molecule has 12 unspecified atom stereocenters. The van der Waals surface area contributed by atoms with Gasteiger partial charge in [-0.15, -0.1) is 0 Å². The van der Waals surface area contributed by atoms with E-state index in [-0.39, 0.29) is 18.9 Å². The molecule has 2 saturated heterocycles. The van der Waals surface area contributed by atoms with E-state index in [9.17, 15) is 45.6 Å². The monoisotopic (exact) mass is 1250 g/mol. The van der Waals surface area contributed by atoms with Crippen molar-refractivity contribution in [2.75, 3.05) is 19.8 Å². The van der Waals surface area contributed by atoms with Gasteiger partial charge in [-0.25, -0.2) is 0 Å². The number of aliphatic hydroxyl groups is 8. The van der Waals surface area contributed by atoms with Crippen LogP contribution in [-0.4, -0.2) is 140 Å². The lowest BCUT2D eigenvalue weighted by Crippen LogP contribution is -2.65. The van der Waals surface area contributed by atoms with Gasteiger partial charge in [0.25, 0.3) is 0 Å².